The van der Waals surface area contributed by atoms with Crippen molar-refractivity contribution in [3.8, 4) is 0 Å². The van der Waals surface area contributed by atoms with E-state index in [0.29, 0.717) is 0 Å². The second-order valence-electron chi connectivity index (χ2n) is 2.56. The van der Waals surface area contributed by atoms with Crippen LogP contribution in [0.25, 0.3) is 10.9 Å². The number of fused-ring (bicyclic) bond motifs is 1. The van der Waals surface area contributed by atoms with Gasteiger partial charge in [-0.3, -0.25) is 0 Å². The Balaban J connectivity index is 0.000000381. The zero-order chi connectivity index (χ0) is 9.68. The third kappa shape index (κ3) is 3.14. The Labute approximate surface area is 104 Å². The van der Waals surface area contributed by atoms with Gasteiger partial charge in [0.1, 0.15) is 0 Å². The number of hydrogen-bond acceptors (Lipinski definition) is 3. The van der Waals surface area contributed by atoms with Gasteiger partial charge in [-0.1, -0.05) is 18.2 Å². The van der Waals surface area contributed by atoms with E-state index in [9.17, 15) is 0 Å². The normalized spacial score (nSPS) is 8.36. The first kappa shape index (κ1) is 13.2. The van der Waals surface area contributed by atoms with Crippen LogP contribution in [0, 0.1) is 10.1 Å². The molecule has 0 aliphatic heterocycles. The van der Waals surface area contributed by atoms with Crippen LogP contribution in [0.15, 0.2) is 41.9 Å². The van der Waals surface area contributed by atoms with E-state index >= 15 is 0 Å². The molecule has 0 radical (unpaired) electrons. The number of benzene rings is 1. The topological polar surface area (TPSA) is 57.4 Å². The van der Waals surface area contributed by atoms with Gasteiger partial charge in [0.2, 0.25) is 0 Å². The van der Waals surface area contributed by atoms with Crippen LogP contribution in [0.4, 0.5) is 0 Å². The van der Waals surface area contributed by atoms with Gasteiger partial charge in [0.15, 0.2) is 0 Å². The number of hydrogen-bond donors (Lipinski definition) is 0. The van der Waals surface area contributed by atoms with Crippen LogP contribution in [0.1, 0.15) is 0 Å². The third-order valence-electron chi connectivity index (χ3n) is 1.79. The average Bonchev–Trinajstić information content (AvgIpc) is 2.50. The minimum absolute atomic E-state index is 0. The predicted octanol–water partition coefficient (Wildman–Crippen LogP) is -0.567. The van der Waals surface area contributed by atoms with E-state index in [1.165, 1.54) is 10.9 Å². The van der Waals surface area contributed by atoms with Crippen molar-refractivity contribution in [3.63, 3.8) is 0 Å². The number of para-hydroxylation sites is 1. The monoisotopic (exact) mass is 200 g/mol. The van der Waals surface area contributed by atoms with E-state index in [1.807, 2.05) is 0 Å². The van der Waals surface area contributed by atoms with Crippen molar-refractivity contribution in [2.45, 2.75) is 0 Å². The van der Waals surface area contributed by atoms with Gasteiger partial charge in [-0.15, -0.1) is 5.34 Å². The summed E-state index contributed by atoms with van der Waals surface area (Å²) in [5.74, 6) is 0. The molecule has 1 aromatic heterocycles. The number of aromatic nitrogens is 1. The van der Waals surface area contributed by atoms with E-state index < -0.39 is 0 Å². The van der Waals surface area contributed by atoms with Crippen molar-refractivity contribution in [1.82, 2.24) is 4.57 Å². The maximum Gasteiger partial charge on any atom is 1.00 e. The predicted molar refractivity (Wildman–Crippen MR) is 52.1 cm³/mol. The minimum Gasteiger partial charge on any atom is -0.444 e. The van der Waals surface area contributed by atoms with Gasteiger partial charge in [0, 0.05) is 18.8 Å². The van der Waals surface area contributed by atoms with Crippen molar-refractivity contribution in [2.75, 3.05) is 0 Å². The number of rotatable bonds is 0. The van der Waals surface area contributed by atoms with Crippen LogP contribution in [0.3, 0.4) is 0 Å². The van der Waals surface area contributed by atoms with Gasteiger partial charge in [0.25, 0.3) is 0 Å². The Kier molecular flexibility index (Phi) is 6.19. The van der Waals surface area contributed by atoms with Crippen LogP contribution >= 0.6 is 0 Å². The quantitative estimate of drug-likeness (QED) is 0.325. The second-order valence-corrected chi connectivity index (χ2v) is 2.56. The van der Waals surface area contributed by atoms with Gasteiger partial charge in [-0.05, 0) is 17.5 Å². The minimum atomic E-state index is 0. The van der Waals surface area contributed by atoms with Crippen LogP contribution in [-0.4, -0.2) is 4.57 Å². The maximum atomic E-state index is 8.00. The molecular weight excluding hydrogens is 191 g/mol. The Morgan fingerprint density at radius 3 is 2.43 bits per heavy atom. The van der Waals surface area contributed by atoms with Crippen LogP contribution in [-0.2, 0) is 7.05 Å². The molecular formula is C9H9N2NaO2. The molecule has 2 aromatic rings. The zero-order valence-corrected chi connectivity index (χ0v) is 10.2. The molecule has 0 bridgehead atoms. The SMILES string of the molecule is Cn1ccc2ccccc21.O=N[O-].[Na+]. The molecule has 0 aliphatic rings. The van der Waals surface area contributed by atoms with Crippen molar-refractivity contribution in [1.29, 1.82) is 0 Å². The third-order valence-corrected chi connectivity index (χ3v) is 1.79. The molecule has 0 fully saturated rings. The molecule has 1 heterocycles. The van der Waals surface area contributed by atoms with Gasteiger partial charge >= 0.3 is 29.6 Å². The Morgan fingerprint density at radius 1 is 1.29 bits per heavy atom. The first-order valence-corrected chi connectivity index (χ1v) is 3.74. The van der Waals surface area contributed by atoms with E-state index in [0.717, 1.165) is 5.34 Å². The molecule has 0 saturated heterocycles. The Hall–Kier alpha value is -0.840. The smallest absolute Gasteiger partial charge is 0.444 e. The summed E-state index contributed by atoms with van der Waals surface area (Å²) in [4.78, 5) is 8.00. The van der Waals surface area contributed by atoms with Crippen molar-refractivity contribution >= 4 is 10.9 Å². The van der Waals surface area contributed by atoms with Crippen molar-refractivity contribution < 1.29 is 29.6 Å². The molecule has 0 atom stereocenters. The fraction of sp³-hybridized carbons (Fsp3) is 0.111. The molecule has 0 saturated carbocycles. The van der Waals surface area contributed by atoms with Gasteiger partial charge in [-0.25, -0.2) is 0 Å². The van der Waals surface area contributed by atoms with E-state index in [2.05, 4.69) is 48.1 Å². The summed E-state index contributed by atoms with van der Waals surface area (Å²) in [6.45, 7) is 0. The Morgan fingerprint density at radius 2 is 1.86 bits per heavy atom. The fourth-order valence-electron chi connectivity index (χ4n) is 1.22. The summed E-state index contributed by atoms with van der Waals surface area (Å²) < 4.78 is 2.12. The molecule has 0 unspecified atom stereocenters. The fourth-order valence-corrected chi connectivity index (χ4v) is 1.22. The number of nitrogens with zero attached hydrogens (tertiary/aromatic N) is 2. The first-order chi connectivity index (χ1) is 6.29. The summed E-state index contributed by atoms with van der Waals surface area (Å²) >= 11 is 0. The molecule has 14 heavy (non-hydrogen) atoms. The average molecular weight is 200 g/mol. The van der Waals surface area contributed by atoms with Gasteiger partial charge in [0.05, 0.1) is 0 Å². The maximum absolute atomic E-state index is 8.00. The molecule has 0 amide bonds. The largest absolute Gasteiger partial charge is 1.00 e. The molecule has 2 rings (SSSR count). The summed E-state index contributed by atoms with van der Waals surface area (Å²) in [6, 6.07) is 10.5. The summed E-state index contributed by atoms with van der Waals surface area (Å²) in [7, 11) is 2.06. The van der Waals surface area contributed by atoms with Crippen LogP contribution in [0.2, 0.25) is 0 Å². The van der Waals surface area contributed by atoms with E-state index in [-0.39, 0.29) is 29.6 Å². The zero-order valence-electron chi connectivity index (χ0n) is 8.18. The second kappa shape index (κ2) is 6.59. The van der Waals surface area contributed by atoms with Crippen LogP contribution < -0.4 is 29.6 Å². The van der Waals surface area contributed by atoms with Crippen molar-refractivity contribution in [3.05, 3.63) is 46.6 Å². The first-order valence-electron chi connectivity index (χ1n) is 3.74. The Bertz CT molecular complexity index is 400. The molecule has 68 valence electrons. The van der Waals surface area contributed by atoms with E-state index in [1.54, 1.807) is 0 Å². The van der Waals surface area contributed by atoms with Crippen LogP contribution in [0.5, 0.6) is 0 Å². The molecule has 4 nitrogen and oxygen atoms in total. The molecule has 0 N–H and O–H groups in total. The van der Waals surface area contributed by atoms with E-state index in [4.69, 9.17) is 10.1 Å². The molecule has 0 spiro atoms. The summed E-state index contributed by atoms with van der Waals surface area (Å²) in [6.07, 6.45) is 2.07. The standard InChI is InChI=1S/C9H9N.HNO2.Na/c1-10-7-6-8-4-2-3-5-9(8)10;2-1-3;/h2-7H,1H3;(H,2,3);/q;;+1/p-1. The van der Waals surface area contributed by atoms with Gasteiger partial charge in [-0.2, -0.15) is 0 Å². The van der Waals surface area contributed by atoms with Gasteiger partial charge < -0.3 is 14.7 Å². The molecule has 0 aliphatic carbocycles. The van der Waals surface area contributed by atoms with Crippen molar-refractivity contribution in [2.24, 2.45) is 12.4 Å². The summed E-state index contributed by atoms with van der Waals surface area (Å²) in [5, 5.41) is 10.3. The molecule has 1 aromatic carbocycles. The summed E-state index contributed by atoms with van der Waals surface area (Å²) in [5.41, 5.74) is 1.29. The number of aryl methyl sites for hydroxylation is 1. The molecule has 5 heteroatoms.